The average molecular weight is 242 g/mol. The highest BCUT2D eigenvalue weighted by molar-refractivity contribution is 5.75. The van der Waals surface area contributed by atoms with Crippen LogP contribution in [0, 0.1) is 5.41 Å². The molecule has 0 aliphatic carbocycles. The second-order valence-corrected chi connectivity index (χ2v) is 5.35. The van der Waals surface area contributed by atoms with Gasteiger partial charge in [0.2, 0.25) is 5.91 Å². The molecular formula is C12H22N2O3. The van der Waals surface area contributed by atoms with E-state index in [9.17, 15) is 14.7 Å². The first kappa shape index (κ1) is 14.0. The lowest BCUT2D eigenvalue weighted by atomic mass is 9.76. The quantitative estimate of drug-likeness (QED) is 0.761. The van der Waals surface area contributed by atoms with Crippen LogP contribution in [-0.2, 0) is 9.59 Å². The first-order chi connectivity index (χ1) is 7.84. The molecule has 5 heteroatoms. The maximum absolute atomic E-state index is 11.3. The number of piperidine rings is 1. The van der Waals surface area contributed by atoms with Gasteiger partial charge in [-0.15, -0.1) is 0 Å². The van der Waals surface area contributed by atoms with Crippen LogP contribution in [-0.4, -0.2) is 47.6 Å². The Morgan fingerprint density at radius 1 is 1.47 bits per heavy atom. The number of carboxylic acid groups (broad SMARTS) is 1. The van der Waals surface area contributed by atoms with E-state index in [4.69, 9.17) is 0 Å². The monoisotopic (exact) mass is 242 g/mol. The number of rotatable bonds is 4. The summed E-state index contributed by atoms with van der Waals surface area (Å²) in [5, 5.41) is 12.0. The molecular weight excluding hydrogens is 220 g/mol. The Kier molecular flexibility index (Phi) is 4.51. The Hall–Kier alpha value is -1.10. The van der Waals surface area contributed by atoms with Gasteiger partial charge >= 0.3 is 5.97 Å². The van der Waals surface area contributed by atoms with Crippen LogP contribution in [0.25, 0.3) is 0 Å². The van der Waals surface area contributed by atoms with E-state index in [2.05, 4.69) is 5.32 Å². The zero-order valence-corrected chi connectivity index (χ0v) is 10.8. The summed E-state index contributed by atoms with van der Waals surface area (Å²) in [4.78, 5) is 24.1. The highest BCUT2D eigenvalue weighted by atomic mass is 16.4. The molecule has 1 amide bonds. The number of amides is 1. The van der Waals surface area contributed by atoms with Crippen LogP contribution in [0.5, 0.6) is 0 Å². The number of hydrogen-bond donors (Lipinski definition) is 2. The zero-order valence-electron chi connectivity index (χ0n) is 10.8. The summed E-state index contributed by atoms with van der Waals surface area (Å²) in [5.41, 5.74) is -0.208. The summed E-state index contributed by atoms with van der Waals surface area (Å²) in [6, 6.07) is -0.454. The fourth-order valence-corrected chi connectivity index (χ4v) is 2.60. The fraction of sp³-hybridized carbons (Fsp3) is 0.833. The molecule has 1 saturated heterocycles. The zero-order chi connectivity index (χ0) is 13.1. The minimum Gasteiger partial charge on any atom is -0.480 e. The van der Waals surface area contributed by atoms with Crippen molar-refractivity contribution in [1.82, 2.24) is 10.2 Å². The van der Waals surface area contributed by atoms with E-state index in [0.29, 0.717) is 13.1 Å². The van der Waals surface area contributed by atoms with Crippen LogP contribution in [0.15, 0.2) is 0 Å². The van der Waals surface area contributed by atoms with Crippen molar-refractivity contribution in [3.05, 3.63) is 0 Å². The summed E-state index contributed by atoms with van der Waals surface area (Å²) in [7, 11) is 0. The minimum atomic E-state index is -0.766. The van der Waals surface area contributed by atoms with E-state index in [0.717, 1.165) is 19.4 Å². The van der Waals surface area contributed by atoms with Crippen molar-refractivity contribution in [3.8, 4) is 0 Å². The van der Waals surface area contributed by atoms with Gasteiger partial charge in [0, 0.05) is 20.0 Å². The topological polar surface area (TPSA) is 69.6 Å². The van der Waals surface area contributed by atoms with Crippen molar-refractivity contribution in [2.45, 2.75) is 39.7 Å². The molecule has 0 bridgehead atoms. The maximum atomic E-state index is 11.3. The summed E-state index contributed by atoms with van der Waals surface area (Å²) in [5.74, 6) is -0.842. The first-order valence-corrected chi connectivity index (χ1v) is 6.06. The lowest BCUT2D eigenvalue weighted by Gasteiger charge is -2.44. The van der Waals surface area contributed by atoms with E-state index in [1.165, 1.54) is 6.92 Å². The van der Waals surface area contributed by atoms with Gasteiger partial charge in [0.15, 0.2) is 0 Å². The molecule has 98 valence electrons. The van der Waals surface area contributed by atoms with Crippen LogP contribution in [0.1, 0.15) is 33.6 Å². The third-order valence-corrected chi connectivity index (χ3v) is 3.38. The standard InChI is InChI=1S/C12H22N2O3/c1-9(15)13-6-8-14-7-4-5-12(2,3)10(14)11(16)17/h10H,4-8H2,1-3H3,(H,13,15)(H,16,17). The molecule has 2 N–H and O–H groups in total. The molecule has 1 aliphatic rings. The molecule has 17 heavy (non-hydrogen) atoms. The van der Waals surface area contributed by atoms with E-state index in [1.54, 1.807) is 0 Å². The molecule has 1 aliphatic heterocycles. The van der Waals surface area contributed by atoms with Gasteiger partial charge < -0.3 is 10.4 Å². The molecule has 1 fully saturated rings. The predicted octanol–water partition coefficient (Wildman–Crippen LogP) is 0.698. The fourth-order valence-electron chi connectivity index (χ4n) is 2.60. The van der Waals surface area contributed by atoms with Gasteiger partial charge in [-0.2, -0.15) is 0 Å². The number of carbonyl (C=O) groups excluding carboxylic acids is 1. The van der Waals surface area contributed by atoms with Gasteiger partial charge in [0.1, 0.15) is 6.04 Å². The Morgan fingerprint density at radius 2 is 2.12 bits per heavy atom. The summed E-state index contributed by atoms with van der Waals surface area (Å²) < 4.78 is 0. The molecule has 1 rings (SSSR count). The SMILES string of the molecule is CC(=O)NCCN1CCCC(C)(C)C1C(=O)O. The molecule has 0 radical (unpaired) electrons. The highest BCUT2D eigenvalue weighted by Crippen LogP contribution is 2.34. The number of hydrogen-bond acceptors (Lipinski definition) is 3. The molecule has 0 spiro atoms. The normalized spacial score (nSPS) is 24.3. The van der Waals surface area contributed by atoms with Crippen LogP contribution < -0.4 is 5.32 Å². The Labute approximate surface area is 102 Å². The summed E-state index contributed by atoms with van der Waals surface area (Å²) in [6.07, 6.45) is 1.94. The van der Waals surface area contributed by atoms with Crippen molar-refractivity contribution < 1.29 is 14.7 Å². The molecule has 0 aromatic rings. The summed E-state index contributed by atoms with van der Waals surface area (Å²) in [6.45, 7) is 7.36. The molecule has 0 aromatic heterocycles. The van der Waals surface area contributed by atoms with Gasteiger partial charge in [-0.25, -0.2) is 0 Å². The Bertz CT molecular complexity index is 302. The largest absolute Gasteiger partial charge is 0.480 e. The van der Waals surface area contributed by atoms with Crippen LogP contribution in [0.3, 0.4) is 0 Å². The van der Waals surface area contributed by atoms with Gasteiger partial charge in [-0.3, -0.25) is 14.5 Å². The van der Waals surface area contributed by atoms with Crippen LogP contribution >= 0.6 is 0 Å². The van der Waals surface area contributed by atoms with Gasteiger partial charge in [-0.1, -0.05) is 13.8 Å². The molecule has 0 saturated carbocycles. The molecule has 1 atom stereocenters. The number of likely N-dealkylation sites (tertiary alicyclic amines) is 1. The van der Waals surface area contributed by atoms with Crippen molar-refractivity contribution in [2.75, 3.05) is 19.6 Å². The minimum absolute atomic E-state index is 0.0758. The average Bonchev–Trinajstić information content (AvgIpc) is 2.14. The van der Waals surface area contributed by atoms with Gasteiger partial charge in [0.05, 0.1) is 0 Å². The van der Waals surface area contributed by atoms with Gasteiger partial charge in [0.25, 0.3) is 0 Å². The first-order valence-electron chi connectivity index (χ1n) is 6.06. The van der Waals surface area contributed by atoms with Gasteiger partial charge in [-0.05, 0) is 24.8 Å². The number of aliphatic carboxylic acids is 1. The van der Waals surface area contributed by atoms with E-state index in [1.807, 2.05) is 18.7 Å². The van der Waals surface area contributed by atoms with E-state index < -0.39 is 12.0 Å². The number of nitrogens with one attached hydrogen (secondary N) is 1. The third-order valence-electron chi connectivity index (χ3n) is 3.38. The van der Waals surface area contributed by atoms with Crippen molar-refractivity contribution in [1.29, 1.82) is 0 Å². The molecule has 0 aromatic carbocycles. The second-order valence-electron chi connectivity index (χ2n) is 5.35. The van der Waals surface area contributed by atoms with Crippen molar-refractivity contribution >= 4 is 11.9 Å². The van der Waals surface area contributed by atoms with Crippen LogP contribution in [0.4, 0.5) is 0 Å². The summed E-state index contributed by atoms with van der Waals surface area (Å²) >= 11 is 0. The predicted molar refractivity (Wildman–Crippen MR) is 64.7 cm³/mol. The number of carbonyl (C=O) groups is 2. The Morgan fingerprint density at radius 3 is 2.65 bits per heavy atom. The van der Waals surface area contributed by atoms with E-state index >= 15 is 0 Å². The smallest absolute Gasteiger partial charge is 0.321 e. The number of nitrogens with zero attached hydrogens (tertiary/aromatic N) is 1. The van der Waals surface area contributed by atoms with Crippen molar-refractivity contribution in [2.24, 2.45) is 5.41 Å². The third kappa shape index (κ3) is 3.70. The van der Waals surface area contributed by atoms with Crippen molar-refractivity contribution in [3.63, 3.8) is 0 Å². The van der Waals surface area contributed by atoms with E-state index in [-0.39, 0.29) is 11.3 Å². The maximum Gasteiger partial charge on any atom is 0.321 e. The number of carboxylic acids is 1. The molecule has 1 heterocycles. The second kappa shape index (κ2) is 5.49. The molecule has 5 nitrogen and oxygen atoms in total. The lowest BCUT2D eigenvalue weighted by molar-refractivity contribution is -0.150. The highest BCUT2D eigenvalue weighted by Gasteiger charge is 2.41. The lowest BCUT2D eigenvalue weighted by Crippen LogP contribution is -2.55. The van der Waals surface area contributed by atoms with Crippen LogP contribution in [0.2, 0.25) is 0 Å². The molecule has 1 unspecified atom stereocenters. The Balaban J connectivity index is 2.61.